The maximum absolute atomic E-state index is 6.24. The third kappa shape index (κ3) is 2.38. The summed E-state index contributed by atoms with van der Waals surface area (Å²) in [5.74, 6) is 0.943. The predicted octanol–water partition coefficient (Wildman–Crippen LogP) is 3.28. The lowest BCUT2D eigenvalue weighted by Gasteiger charge is -2.19. The van der Waals surface area contributed by atoms with Gasteiger partial charge in [0.05, 0.1) is 6.61 Å². The zero-order valence-electron chi connectivity index (χ0n) is 10.2. The summed E-state index contributed by atoms with van der Waals surface area (Å²) < 4.78 is 5.55. The molecule has 2 nitrogen and oxygen atoms in total. The second kappa shape index (κ2) is 4.46. The van der Waals surface area contributed by atoms with Gasteiger partial charge in [0.25, 0.3) is 0 Å². The van der Waals surface area contributed by atoms with Gasteiger partial charge in [-0.1, -0.05) is 26.0 Å². The van der Waals surface area contributed by atoms with Gasteiger partial charge in [-0.2, -0.15) is 0 Å². The quantitative estimate of drug-likeness (QED) is 0.824. The van der Waals surface area contributed by atoms with Crippen molar-refractivity contribution in [1.29, 1.82) is 0 Å². The summed E-state index contributed by atoms with van der Waals surface area (Å²) in [6.07, 6.45) is 3.55. The smallest absolute Gasteiger partial charge is 0.119 e. The molecule has 0 amide bonds. The average Bonchev–Trinajstić information content (AvgIpc) is 3.06. The van der Waals surface area contributed by atoms with Crippen molar-refractivity contribution in [1.82, 2.24) is 0 Å². The maximum Gasteiger partial charge on any atom is 0.119 e. The van der Waals surface area contributed by atoms with Gasteiger partial charge in [0.2, 0.25) is 0 Å². The Balaban J connectivity index is 2.01. The van der Waals surface area contributed by atoms with Crippen molar-refractivity contribution < 1.29 is 4.74 Å². The van der Waals surface area contributed by atoms with Crippen LogP contribution in [0.3, 0.4) is 0 Å². The van der Waals surface area contributed by atoms with E-state index in [1.54, 1.807) is 0 Å². The first-order valence-corrected chi connectivity index (χ1v) is 6.14. The van der Waals surface area contributed by atoms with E-state index in [9.17, 15) is 0 Å². The predicted molar refractivity (Wildman–Crippen MR) is 66.5 cm³/mol. The van der Waals surface area contributed by atoms with Gasteiger partial charge < -0.3 is 10.5 Å². The van der Waals surface area contributed by atoms with E-state index in [0.29, 0.717) is 5.41 Å². The van der Waals surface area contributed by atoms with Gasteiger partial charge in [0, 0.05) is 6.04 Å². The van der Waals surface area contributed by atoms with Crippen molar-refractivity contribution in [2.45, 2.75) is 39.2 Å². The van der Waals surface area contributed by atoms with Crippen molar-refractivity contribution in [3.05, 3.63) is 29.8 Å². The molecule has 1 aliphatic carbocycles. The fourth-order valence-electron chi connectivity index (χ4n) is 1.90. The van der Waals surface area contributed by atoms with Crippen LogP contribution in [-0.4, -0.2) is 6.61 Å². The molecule has 0 bridgehead atoms. The van der Waals surface area contributed by atoms with Crippen molar-refractivity contribution in [3.8, 4) is 5.75 Å². The van der Waals surface area contributed by atoms with E-state index in [0.717, 1.165) is 18.8 Å². The van der Waals surface area contributed by atoms with Crippen LogP contribution in [0.15, 0.2) is 24.3 Å². The first-order valence-electron chi connectivity index (χ1n) is 6.14. The highest BCUT2D eigenvalue weighted by Crippen LogP contribution is 2.53. The van der Waals surface area contributed by atoms with Gasteiger partial charge in [-0.05, 0) is 42.4 Å². The van der Waals surface area contributed by atoms with Crippen molar-refractivity contribution in [2.75, 3.05) is 6.61 Å². The third-order valence-electron chi connectivity index (χ3n) is 3.50. The molecule has 1 unspecified atom stereocenters. The van der Waals surface area contributed by atoms with Crippen LogP contribution in [0, 0.1) is 5.41 Å². The Morgan fingerprint density at radius 3 is 2.44 bits per heavy atom. The molecule has 0 aliphatic heterocycles. The molecule has 1 fully saturated rings. The van der Waals surface area contributed by atoms with E-state index < -0.39 is 0 Å². The lowest BCUT2D eigenvalue weighted by atomic mass is 9.93. The van der Waals surface area contributed by atoms with Crippen LogP contribution in [0.5, 0.6) is 5.75 Å². The van der Waals surface area contributed by atoms with Gasteiger partial charge in [0.15, 0.2) is 0 Å². The average molecular weight is 219 g/mol. The summed E-state index contributed by atoms with van der Waals surface area (Å²) >= 11 is 0. The fraction of sp³-hybridized carbons (Fsp3) is 0.571. The molecule has 0 aromatic heterocycles. The van der Waals surface area contributed by atoms with E-state index in [1.165, 1.54) is 18.4 Å². The molecule has 88 valence electrons. The second-order valence-electron chi connectivity index (χ2n) is 5.05. The SMILES string of the molecule is CCCOc1ccc(C(N)C2(C)CC2)cc1. The Bertz CT molecular complexity index is 340. The molecule has 1 aliphatic rings. The van der Waals surface area contributed by atoms with E-state index in [1.807, 2.05) is 12.1 Å². The molecule has 2 heteroatoms. The highest BCUT2D eigenvalue weighted by molar-refractivity contribution is 5.30. The van der Waals surface area contributed by atoms with Gasteiger partial charge in [-0.3, -0.25) is 0 Å². The highest BCUT2D eigenvalue weighted by Gasteiger charge is 2.43. The zero-order chi connectivity index (χ0) is 11.6. The summed E-state index contributed by atoms with van der Waals surface area (Å²) in [6, 6.07) is 8.42. The summed E-state index contributed by atoms with van der Waals surface area (Å²) in [7, 11) is 0. The number of hydrogen-bond donors (Lipinski definition) is 1. The van der Waals surface area contributed by atoms with Crippen LogP contribution in [0.4, 0.5) is 0 Å². The maximum atomic E-state index is 6.24. The van der Waals surface area contributed by atoms with Gasteiger partial charge in [0.1, 0.15) is 5.75 Å². The number of rotatable bonds is 5. The Labute approximate surface area is 97.8 Å². The van der Waals surface area contributed by atoms with Crippen molar-refractivity contribution in [2.24, 2.45) is 11.1 Å². The topological polar surface area (TPSA) is 35.2 Å². The van der Waals surface area contributed by atoms with Gasteiger partial charge >= 0.3 is 0 Å². The van der Waals surface area contributed by atoms with Crippen LogP contribution in [0.2, 0.25) is 0 Å². The lowest BCUT2D eigenvalue weighted by molar-refractivity contribution is 0.317. The molecule has 16 heavy (non-hydrogen) atoms. The Kier molecular flexibility index (Phi) is 3.20. The van der Waals surface area contributed by atoms with Crippen molar-refractivity contribution in [3.63, 3.8) is 0 Å². The molecule has 0 saturated heterocycles. The van der Waals surface area contributed by atoms with E-state index >= 15 is 0 Å². The monoisotopic (exact) mass is 219 g/mol. The van der Waals surface area contributed by atoms with Crippen LogP contribution in [0.25, 0.3) is 0 Å². The van der Waals surface area contributed by atoms with Crippen LogP contribution in [-0.2, 0) is 0 Å². The Hall–Kier alpha value is -1.02. The highest BCUT2D eigenvalue weighted by atomic mass is 16.5. The largest absolute Gasteiger partial charge is 0.494 e. The van der Waals surface area contributed by atoms with E-state index in [-0.39, 0.29) is 6.04 Å². The molecule has 2 rings (SSSR count). The fourth-order valence-corrected chi connectivity index (χ4v) is 1.90. The summed E-state index contributed by atoms with van der Waals surface area (Å²) in [5.41, 5.74) is 7.81. The molecule has 0 radical (unpaired) electrons. The number of nitrogens with two attached hydrogens (primary N) is 1. The third-order valence-corrected chi connectivity index (χ3v) is 3.50. The normalized spacial score (nSPS) is 19.2. The Morgan fingerprint density at radius 1 is 1.31 bits per heavy atom. The van der Waals surface area contributed by atoms with Gasteiger partial charge in [-0.15, -0.1) is 0 Å². The molecule has 1 atom stereocenters. The van der Waals surface area contributed by atoms with Crippen LogP contribution in [0.1, 0.15) is 44.7 Å². The van der Waals surface area contributed by atoms with Gasteiger partial charge in [-0.25, -0.2) is 0 Å². The minimum absolute atomic E-state index is 0.174. The molecule has 1 aromatic rings. The number of benzene rings is 1. The van der Waals surface area contributed by atoms with Crippen LogP contribution < -0.4 is 10.5 Å². The summed E-state index contributed by atoms with van der Waals surface area (Å²) in [4.78, 5) is 0. The molecular weight excluding hydrogens is 198 g/mol. The lowest BCUT2D eigenvalue weighted by Crippen LogP contribution is -2.19. The first kappa shape index (κ1) is 11.5. The first-order chi connectivity index (χ1) is 7.65. The van der Waals surface area contributed by atoms with Crippen molar-refractivity contribution >= 4 is 0 Å². The molecule has 2 N–H and O–H groups in total. The standard InChI is InChI=1S/C14H21NO/c1-3-10-16-12-6-4-11(5-7-12)13(15)14(2)8-9-14/h4-7,13H,3,8-10,15H2,1-2H3. The molecule has 1 saturated carbocycles. The van der Waals surface area contributed by atoms with E-state index in [2.05, 4.69) is 26.0 Å². The van der Waals surface area contributed by atoms with E-state index in [4.69, 9.17) is 10.5 Å². The number of ether oxygens (including phenoxy) is 1. The molecule has 0 spiro atoms. The minimum Gasteiger partial charge on any atom is -0.494 e. The molecule has 0 heterocycles. The van der Waals surface area contributed by atoms with Crippen LogP contribution >= 0.6 is 0 Å². The molecular formula is C14H21NO. The Morgan fingerprint density at radius 2 is 1.94 bits per heavy atom. The zero-order valence-corrected chi connectivity index (χ0v) is 10.2. The minimum atomic E-state index is 0.174. The summed E-state index contributed by atoms with van der Waals surface area (Å²) in [5, 5.41) is 0. The second-order valence-corrected chi connectivity index (χ2v) is 5.05. The molecule has 1 aromatic carbocycles. The number of hydrogen-bond acceptors (Lipinski definition) is 2. The summed E-state index contributed by atoms with van der Waals surface area (Å²) in [6.45, 7) is 5.15.